The maximum atomic E-state index is 6.52. The second-order valence-corrected chi connectivity index (χ2v) is 14.4. The molecule has 2 heterocycles. The van der Waals surface area contributed by atoms with Crippen molar-refractivity contribution in [2.75, 3.05) is 0 Å². The SMILES string of the molecule is c1ccc2cc(-c3c4ccccc4c(-c4ccc5ccccc5c4)c4cc(-c5ccc6oc7c(ccc8c9ccccc9oc87)c6c5)ccc34)ccc2c1. The molecule has 12 aromatic rings. The molecule has 12 rings (SSSR count). The molecule has 0 amide bonds. The van der Waals surface area contributed by atoms with E-state index in [0.717, 1.165) is 55.0 Å². The van der Waals surface area contributed by atoms with Crippen LogP contribution in [-0.4, -0.2) is 0 Å². The molecule has 10 aromatic carbocycles. The van der Waals surface area contributed by atoms with E-state index in [0.29, 0.717) is 0 Å². The predicted octanol–water partition coefficient (Wildman–Crippen LogP) is 15.1. The average molecular weight is 687 g/mol. The Hall–Kier alpha value is -7.16. The third-order valence-electron chi connectivity index (χ3n) is 11.4. The van der Waals surface area contributed by atoms with Crippen molar-refractivity contribution in [3.05, 3.63) is 182 Å². The minimum absolute atomic E-state index is 0.791. The van der Waals surface area contributed by atoms with E-state index < -0.39 is 0 Å². The zero-order valence-corrected chi connectivity index (χ0v) is 29.1. The molecule has 2 heteroatoms. The van der Waals surface area contributed by atoms with Crippen LogP contribution >= 0.6 is 0 Å². The van der Waals surface area contributed by atoms with Crippen molar-refractivity contribution in [1.29, 1.82) is 0 Å². The van der Waals surface area contributed by atoms with Gasteiger partial charge in [0.05, 0.1) is 0 Å². The van der Waals surface area contributed by atoms with Gasteiger partial charge in [0.15, 0.2) is 11.2 Å². The third-order valence-corrected chi connectivity index (χ3v) is 11.4. The van der Waals surface area contributed by atoms with Crippen LogP contribution in [0.25, 0.3) is 120 Å². The first-order valence-electron chi connectivity index (χ1n) is 18.5. The highest BCUT2D eigenvalue weighted by Crippen LogP contribution is 2.46. The molecule has 0 fully saturated rings. The molecule has 0 aliphatic rings. The highest BCUT2D eigenvalue weighted by molar-refractivity contribution is 6.23. The van der Waals surface area contributed by atoms with E-state index in [1.54, 1.807) is 0 Å². The zero-order chi connectivity index (χ0) is 35.3. The van der Waals surface area contributed by atoms with Gasteiger partial charge in [-0.25, -0.2) is 0 Å². The number of fused-ring (bicyclic) bond motifs is 11. The molecule has 0 atom stereocenters. The van der Waals surface area contributed by atoms with Gasteiger partial charge in [-0.3, -0.25) is 0 Å². The van der Waals surface area contributed by atoms with E-state index in [-0.39, 0.29) is 0 Å². The lowest BCUT2D eigenvalue weighted by Gasteiger charge is -2.19. The van der Waals surface area contributed by atoms with Gasteiger partial charge in [-0.05, 0) is 125 Å². The fraction of sp³-hybridized carbons (Fsp3) is 0. The van der Waals surface area contributed by atoms with E-state index in [1.807, 2.05) is 12.1 Å². The minimum atomic E-state index is 0.791. The zero-order valence-electron chi connectivity index (χ0n) is 29.1. The van der Waals surface area contributed by atoms with E-state index >= 15 is 0 Å². The van der Waals surface area contributed by atoms with Gasteiger partial charge in [0, 0.05) is 21.5 Å². The molecule has 0 bridgehead atoms. The number of benzene rings is 10. The summed E-state index contributed by atoms with van der Waals surface area (Å²) >= 11 is 0. The first kappa shape index (κ1) is 29.4. The van der Waals surface area contributed by atoms with Gasteiger partial charge >= 0.3 is 0 Å². The van der Waals surface area contributed by atoms with Crippen molar-refractivity contribution >= 4 is 87.0 Å². The molecule has 54 heavy (non-hydrogen) atoms. The molecule has 0 N–H and O–H groups in total. The van der Waals surface area contributed by atoms with Crippen LogP contribution in [0.5, 0.6) is 0 Å². The number of furan rings is 2. The molecule has 250 valence electrons. The second-order valence-electron chi connectivity index (χ2n) is 14.4. The summed E-state index contributed by atoms with van der Waals surface area (Å²) in [5, 5.41) is 14.2. The third kappa shape index (κ3) is 4.28. The number of rotatable bonds is 3. The Morgan fingerprint density at radius 3 is 1.31 bits per heavy atom. The topological polar surface area (TPSA) is 26.3 Å². The summed E-state index contributed by atoms with van der Waals surface area (Å²) in [6, 6.07) is 66.0. The smallest absolute Gasteiger partial charge is 0.178 e. The monoisotopic (exact) mass is 686 g/mol. The van der Waals surface area contributed by atoms with Gasteiger partial charge in [-0.15, -0.1) is 0 Å². The molecule has 2 aromatic heterocycles. The van der Waals surface area contributed by atoms with Gasteiger partial charge in [0.2, 0.25) is 0 Å². The van der Waals surface area contributed by atoms with Crippen molar-refractivity contribution < 1.29 is 8.83 Å². The minimum Gasteiger partial charge on any atom is -0.452 e. The van der Waals surface area contributed by atoms with Crippen molar-refractivity contribution in [1.82, 2.24) is 0 Å². The van der Waals surface area contributed by atoms with Crippen LogP contribution in [0.1, 0.15) is 0 Å². The predicted molar refractivity (Wildman–Crippen MR) is 227 cm³/mol. The van der Waals surface area contributed by atoms with Crippen LogP contribution in [0.3, 0.4) is 0 Å². The summed E-state index contributed by atoms with van der Waals surface area (Å²) in [7, 11) is 0. The molecule has 0 saturated heterocycles. The summed E-state index contributed by atoms with van der Waals surface area (Å²) < 4.78 is 12.9. The maximum Gasteiger partial charge on any atom is 0.178 e. The first-order valence-corrected chi connectivity index (χ1v) is 18.5. The second kappa shape index (κ2) is 11.2. The number of hydrogen-bond acceptors (Lipinski definition) is 2. The van der Waals surface area contributed by atoms with E-state index in [4.69, 9.17) is 8.83 Å². The summed E-state index contributed by atoms with van der Waals surface area (Å²) in [5.41, 5.74) is 10.5. The summed E-state index contributed by atoms with van der Waals surface area (Å²) in [6.45, 7) is 0. The molecule has 0 aliphatic heterocycles. The van der Waals surface area contributed by atoms with Crippen LogP contribution in [0.15, 0.2) is 191 Å². The maximum absolute atomic E-state index is 6.52. The van der Waals surface area contributed by atoms with Gasteiger partial charge in [0.25, 0.3) is 0 Å². The van der Waals surface area contributed by atoms with E-state index in [2.05, 4.69) is 170 Å². The van der Waals surface area contributed by atoms with E-state index in [1.165, 1.54) is 65.3 Å². The normalized spacial score (nSPS) is 12.1. The summed E-state index contributed by atoms with van der Waals surface area (Å²) in [4.78, 5) is 0. The lowest BCUT2D eigenvalue weighted by atomic mass is 9.84. The molecule has 0 saturated carbocycles. The lowest BCUT2D eigenvalue weighted by Crippen LogP contribution is -1.92. The van der Waals surface area contributed by atoms with Gasteiger partial charge in [-0.2, -0.15) is 0 Å². The van der Waals surface area contributed by atoms with Crippen molar-refractivity contribution in [2.24, 2.45) is 0 Å². The Kier molecular flexibility index (Phi) is 6.09. The van der Waals surface area contributed by atoms with E-state index in [9.17, 15) is 0 Å². The Bertz CT molecular complexity index is 3510. The molecule has 0 unspecified atom stereocenters. The van der Waals surface area contributed by atoms with Crippen molar-refractivity contribution in [2.45, 2.75) is 0 Å². The fourth-order valence-electron chi connectivity index (χ4n) is 8.87. The largest absolute Gasteiger partial charge is 0.452 e. The van der Waals surface area contributed by atoms with Crippen LogP contribution < -0.4 is 0 Å². The average Bonchev–Trinajstić information content (AvgIpc) is 3.80. The highest BCUT2D eigenvalue weighted by atomic mass is 16.4. The Labute approximate surface area is 310 Å². The Morgan fingerprint density at radius 2 is 0.667 bits per heavy atom. The molecular weight excluding hydrogens is 657 g/mol. The molecule has 2 nitrogen and oxygen atoms in total. The molecular formula is C52H30O2. The highest BCUT2D eigenvalue weighted by Gasteiger charge is 2.20. The summed E-state index contributed by atoms with van der Waals surface area (Å²) in [5.74, 6) is 0. The van der Waals surface area contributed by atoms with Crippen LogP contribution in [0, 0.1) is 0 Å². The van der Waals surface area contributed by atoms with Gasteiger partial charge in [0.1, 0.15) is 11.2 Å². The summed E-state index contributed by atoms with van der Waals surface area (Å²) in [6.07, 6.45) is 0. The van der Waals surface area contributed by atoms with Crippen LogP contribution in [0.2, 0.25) is 0 Å². The number of para-hydroxylation sites is 1. The van der Waals surface area contributed by atoms with Gasteiger partial charge < -0.3 is 8.83 Å². The lowest BCUT2D eigenvalue weighted by molar-refractivity contribution is 0.633. The Balaban J connectivity index is 1.13. The van der Waals surface area contributed by atoms with Crippen LogP contribution in [0.4, 0.5) is 0 Å². The molecule has 0 spiro atoms. The van der Waals surface area contributed by atoms with Crippen molar-refractivity contribution in [3.8, 4) is 33.4 Å². The molecule has 0 radical (unpaired) electrons. The van der Waals surface area contributed by atoms with Crippen molar-refractivity contribution in [3.63, 3.8) is 0 Å². The van der Waals surface area contributed by atoms with Crippen LogP contribution in [-0.2, 0) is 0 Å². The number of hydrogen-bond donors (Lipinski definition) is 0. The quantitative estimate of drug-likeness (QED) is 0.173. The fourth-order valence-corrected chi connectivity index (χ4v) is 8.87. The van der Waals surface area contributed by atoms with Gasteiger partial charge in [-0.1, -0.05) is 133 Å². The Morgan fingerprint density at radius 1 is 0.241 bits per heavy atom. The standard InChI is InChI=1S/C52H30O2/c1-3-11-33-27-37(19-17-31(33)9-1)49-40-14-5-6-15-41(40)50(38-20-18-32-10-2-4-12-34(32)28-38)46-30-35(21-23-42(46)49)36-22-26-48-45(29-36)44-25-24-43-39-13-7-8-16-47(39)53-51(43)52(44)54-48/h1-30H. The molecule has 0 aliphatic carbocycles. The first-order chi connectivity index (χ1) is 26.7.